The summed E-state index contributed by atoms with van der Waals surface area (Å²) < 4.78 is 28.4. The van der Waals surface area contributed by atoms with Crippen LogP contribution in [-0.2, 0) is 16.6 Å². The fourth-order valence-corrected chi connectivity index (χ4v) is 5.20. The van der Waals surface area contributed by atoms with E-state index in [1.54, 1.807) is 36.4 Å². The molecule has 1 N–H and O–H groups in total. The number of aliphatic hydroxyl groups excluding tert-OH is 1. The Morgan fingerprint density at radius 1 is 0.852 bits per heavy atom. The molecule has 0 heterocycles. The third-order valence-electron chi connectivity index (χ3n) is 4.22. The lowest BCUT2D eigenvalue weighted by Gasteiger charge is -2.25. The van der Waals surface area contributed by atoms with E-state index in [0.717, 1.165) is 5.56 Å². The minimum atomic E-state index is -3.81. The SMILES string of the molecule is O=S(=O)(c1ccccc1Br)N(Cc1ccccc1)CC(O)c1ccccc1. The molecule has 0 bridgehead atoms. The number of rotatable bonds is 7. The van der Waals surface area contributed by atoms with Crippen molar-refractivity contribution in [1.29, 1.82) is 0 Å². The molecule has 1 unspecified atom stereocenters. The van der Waals surface area contributed by atoms with Crippen LogP contribution in [0.15, 0.2) is 94.3 Å². The Hall–Kier alpha value is -1.99. The molecule has 0 radical (unpaired) electrons. The number of hydrogen-bond acceptors (Lipinski definition) is 3. The summed E-state index contributed by atoms with van der Waals surface area (Å²) in [5.74, 6) is 0. The molecule has 6 heteroatoms. The van der Waals surface area contributed by atoms with Crippen molar-refractivity contribution < 1.29 is 13.5 Å². The summed E-state index contributed by atoms with van der Waals surface area (Å²) in [6, 6.07) is 25.2. The molecule has 0 saturated carbocycles. The summed E-state index contributed by atoms with van der Waals surface area (Å²) in [7, 11) is -3.81. The van der Waals surface area contributed by atoms with Crippen molar-refractivity contribution in [3.05, 3.63) is 101 Å². The molecule has 4 nitrogen and oxygen atoms in total. The predicted molar refractivity (Wildman–Crippen MR) is 110 cm³/mol. The Kier molecular flexibility index (Phi) is 6.44. The summed E-state index contributed by atoms with van der Waals surface area (Å²) >= 11 is 3.33. The van der Waals surface area contributed by atoms with Crippen molar-refractivity contribution >= 4 is 26.0 Å². The van der Waals surface area contributed by atoms with Gasteiger partial charge in [-0.25, -0.2) is 8.42 Å². The average Bonchev–Trinajstić information content (AvgIpc) is 2.69. The van der Waals surface area contributed by atoms with Gasteiger partial charge in [-0.3, -0.25) is 0 Å². The Morgan fingerprint density at radius 2 is 1.41 bits per heavy atom. The van der Waals surface area contributed by atoms with Crippen LogP contribution < -0.4 is 0 Å². The van der Waals surface area contributed by atoms with Crippen LogP contribution in [0.1, 0.15) is 17.2 Å². The zero-order valence-electron chi connectivity index (χ0n) is 14.6. The largest absolute Gasteiger partial charge is 0.387 e. The fraction of sp³-hybridized carbons (Fsp3) is 0.143. The highest BCUT2D eigenvalue weighted by Crippen LogP contribution is 2.27. The minimum absolute atomic E-state index is 0.0391. The van der Waals surface area contributed by atoms with Crippen molar-refractivity contribution in [3.8, 4) is 0 Å². The number of benzene rings is 3. The Balaban J connectivity index is 1.95. The van der Waals surface area contributed by atoms with Crippen molar-refractivity contribution in [2.75, 3.05) is 6.54 Å². The highest BCUT2D eigenvalue weighted by molar-refractivity contribution is 9.10. The van der Waals surface area contributed by atoms with Crippen molar-refractivity contribution in [3.63, 3.8) is 0 Å². The predicted octanol–water partition coefficient (Wildman–Crippen LogP) is 4.37. The molecule has 1 atom stereocenters. The molecule has 0 saturated heterocycles. The molecule has 0 spiro atoms. The van der Waals surface area contributed by atoms with Crippen LogP contribution in [0.4, 0.5) is 0 Å². The van der Waals surface area contributed by atoms with Crippen molar-refractivity contribution in [2.45, 2.75) is 17.5 Å². The topological polar surface area (TPSA) is 57.6 Å². The van der Waals surface area contributed by atoms with E-state index < -0.39 is 16.1 Å². The number of nitrogens with zero attached hydrogens (tertiary/aromatic N) is 1. The molecular formula is C21H20BrNO3S. The van der Waals surface area contributed by atoms with Gasteiger partial charge in [0, 0.05) is 17.6 Å². The van der Waals surface area contributed by atoms with Crippen molar-refractivity contribution in [1.82, 2.24) is 4.31 Å². The molecule has 0 fully saturated rings. The molecule has 0 aliphatic rings. The second-order valence-corrected chi connectivity index (χ2v) is 8.90. The lowest BCUT2D eigenvalue weighted by Crippen LogP contribution is -2.34. The van der Waals surface area contributed by atoms with Gasteiger partial charge in [0.15, 0.2) is 0 Å². The number of sulfonamides is 1. The standard InChI is InChI=1S/C21H20BrNO3S/c22-19-13-7-8-14-21(19)27(25,26)23(15-17-9-3-1-4-10-17)16-20(24)18-11-5-2-6-12-18/h1-14,20,24H,15-16H2. The average molecular weight is 446 g/mol. The van der Waals surface area contributed by atoms with Gasteiger partial charge in [-0.05, 0) is 39.2 Å². The molecule has 0 amide bonds. The van der Waals surface area contributed by atoms with Gasteiger partial charge in [0.1, 0.15) is 0 Å². The van der Waals surface area contributed by atoms with Crippen LogP contribution in [0, 0.1) is 0 Å². The second-order valence-electron chi connectivity index (χ2n) is 6.14. The van der Waals surface area contributed by atoms with E-state index in [2.05, 4.69) is 15.9 Å². The molecule has 140 valence electrons. The molecule has 0 aliphatic heterocycles. The first-order chi connectivity index (χ1) is 13.0. The summed E-state index contributed by atoms with van der Waals surface area (Å²) in [6.07, 6.45) is -0.924. The van der Waals surface area contributed by atoms with Gasteiger partial charge in [-0.2, -0.15) is 4.31 Å². The Labute approximate surface area is 168 Å². The van der Waals surface area contributed by atoms with Gasteiger partial charge in [-0.15, -0.1) is 0 Å². The lowest BCUT2D eigenvalue weighted by atomic mass is 10.1. The van der Waals surface area contributed by atoms with Crippen LogP contribution in [0.5, 0.6) is 0 Å². The molecule has 0 aliphatic carbocycles. The summed E-state index contributed by atoms with van der Waals surface area (Å²) in [5, 5.41) is 10.6. The smallest absolute Gasteiger partial charge is 0.244 e. The van der Waals surface area contributed by atoms with Crippen LogP contribution >= 0.6 is 15.9 Å². The number of hydrogen-bond donors (Lipinski definition) is 1. The third kappa shape index (κ3) is 4.84. The highest BCUT2D eigenvalue weighted by atomic mass is 79.9. The summed E-state index contributed by atoms with van der Waals surface area (Å²) in [6.45, 7) is 0.136. The van der Waals surface area contributed by atoms with Gasteiger partial charge in [0.05, 0.1) is 11.0 Å². The molecular weight excluding hydrogens is 426 g/mol. The number of halogens is 1. The molecule has 3 rings (SSSR count). The molecule has 0 aromatic heterocycles. The first-order valence-electron chi connectivity index (χ1n) is 8.50. The first kappa shape index (κ1) is 19.8. The van der Waals surface area contributed by atoms with E-state index >= 15 is 0 Å². The zero-order valence-corrected chi connectivity index (χ0v) is 17.0. The zero-order chi connectivity index (χ0) is 19.3. The van der Waals surface area contributed by atoms with Gasteiger partial charge < -0.3 is 5.11 Å². The maximum atomic E-state index is 13.3. The van der Waals surface area contributed by atoms with Gasteiger partial charge in [0.25, 0.3) is 0 Å². The van der Waals surface area contributed by atoms with Crippen LogP contribution in [0.2, 0.25) is 0 Å². The molecule has 3 aromatic rings. The van der Waals surface area contributed by atoms with E-state index in [4.69, 9.17) is 0 Å². The van der Waals surface area contributed by atoms with Gasteiger partial charge in [0.2, 0.25) is 10.0 Å². The van der Waals surface area contributed by atoms with Gasteiger partial charge >= 0.3 is 0 Å². The number of aliphatic hydroxyl groups is 1. The first-order valence-corrected chi connectivity index (χ1v) is 10.7. The Morgan fingerprint density at radius 3 is 2.04 bits per heavy atom. The van der Waals surface area contributed by atoms with E-state index in [1.165, 1.54) is 4.31 Å². The minimum Gasteiger partial charge on any atom is -0.387 e. The van der Waals surface area contributed by atoms with Crippen LogP contribution in [-0.4, -0.2) is 24.4 Å². The lowest BCUT2D eigenvalue weighted by molar-refractivity contribution is 0.145. The van der Waals surface area contributed by atoms with E-state index in [1.807, 2.05) is 48.5 Å². The summed E-state index contributed by atoms with van der Waals surface area (Å²) in [5.41, 5.74) is 1.53. The molecule has 27 heavy (non-hydrogen) atoms. The fourth-order valence-electron chi connectivity index (χ4n) is 2.80. The maximum Gasteiger partial charge on any atom is 0.244 e. The van der Waals surface area contributed by atoms with Crippen molar-refractivity contribution in [2.24, 2.45) is 0 Å². The van der Waals surface area contributed by atoms with E-state index in [9.17, 15) is 13.5 Å². The third-order valence-corrected chi connectivity index (χ3v) is 7.04. The van der Waals surface area contributed by atoms with Gasteiger partial charge in [-0.1, -0.05) is 72.8 Å². The van der Waals surface area contributed by atoms with E-state index in [-0.39, 0.29) is 18.0 Å². The van der Waals surface area contributed by atoms with Crippen LogP contribution in [0.25, 0.3) is 0 Å². The van der Waals surface area contributed by atoms with Crippen LogP contribution in [0.3, 0.4) is 0 Å². The second kappa shape index (κ2) is 8.80. The van der Waals surface area contributed by atoms with E-state index in [0.29, 0.717) is 10.0 Å². The summed E-state index contributed by atoms with van der Waals surface area (Å²) in [4.78, 5) is 0.182. The monoisotopic (exact) mass is 445 g/mol. The quantitative estimate of drug-likeness (QED) is 0.587. The molecule has 3 aromatic carbocycles. The maximum absolute atomic E-state index is 13.3. The highest BCUT2D eigenvalue weighted by Gasteiger charge is 2.28. The normalized spacial score (nSPS) is 12.9. The Bertz CT molecular complexity index is 979.